The molecule has 28 heavy (non-hydrogen) atoms. The number of fused-ring (bicyclic) bond motifs is 1. The average molecular weight is 377 g/mol. The molecule has 3 rings (SSSR count). The highest BCUT2D eigenvalue weighted by molar-refractivity contribution is 5.98. The smallest absolute Gasteiger partial charge is 0.337 e. The summed E-state index contributed by atoms with van der Waals surface area (Å²) in [6, 6.07) is 14.1. The van der Waals surface area contributed by atoms with Crippen LogP contribution in [0.2, 0.25) is 0 Å². The summed E-state index contributed by atoms with van der Waals surface area (Å²) in [6.07, 6.45) is -1.10. The van der Waals surface area contributed by atoms with Crippen molar-refractivity contribution >= 4 is 16.9 Å². The number of aliphatic carboxylic acids is 1. The molecule has 0 radical (unpaired) electrons. The van der Waals surface area contributed by atoms with Crippen molar-refractivity contribution < 1.29 is 14.6 Å². The first kappa shape index (κ1) is 20.0. The number of aromatic nitrogens is 1. The van der Waals surface area contributed by atoms with E-state index in [-0.39, 0.29) is 0 Å². The number of carbonyl (C=O) groups is 1. The molecule has 4 heteroatoms. The lowest BCUT2D eigenvalue weighted by Gasteiger charge is -2.28. The van der Waals surface area contributed by atoms with Gasteiger partial charge in [0.2, 0.25) is 0 Å². The molecule has 4 nitrogen and oxygen atoms in total. The van der Waals surface area contributed by atoms with Crippen molar-refractivity contribution in [2.45, 2.75) is 53.2 Å². The Morgan fingerprint density at radius 2 is 1.71 bits per heavy atom. The summed E-state index contributed by atoms with van der Waals surface area (Å²) in [4.78, 5) is 16.9. The predicted octanol–water partition coefficient (Wildman–Crippen LogP) is 5.77. The van der Waals surface area contributed by atoms with Crippen molar-refractivity contribution in [3.8, 4) is 11.1 Å². The third kappa shape index (κ3) is 3.92. The highest BCUT2D eigenvalue weighted by Gasteiger charge is 2.32. The molecule has 0 aliphatic rings. The van der Waals surface area contributed by atoms with Crippen LogP contribution in [0.25, 0.3) is 22.0 Å². The summed E-state index contributed by atoms with van der Waals surface area (Å²) < 4.78 is 5.99. The van der Waals surface area contributed by atoms with Crippen LogP contribution in [0.1, 0.15) is 49.3 Å². The molecule has 0 amide bonds. The number of carboxylic acid groups (broad SMARTS) is 1. The molecule has 1 atom stereocenters. The van der Waals surface area contributed by atoms with Crippen LogP contribution in [0, 0.1) is 20.8 Å². The molecule has 0 spiro atoms. The van der Waals surface area contributed by atoms with Crippen molar-refractivity contribution in [2.24, 2.45) is 0 Å². The van der Waals surface area contributed by atoms with Gasteiger partial charge in [-0.25, -0.2) is 4.79 Å². The Morgan fingerprint density at radius 1 is 1.04 bits per heavy atom. The number of carboxylic acids is 1. The number of ether oxygens (including phenoxy) is 1. The molecule has 1 aromatic heterocycles. The number of hydrogen-bond donors (Lipinski definition) is 1. The highest BCUT2D eigenvalue weighted by Crippen LogP contribution is 2.39. The average Bonchev–Trinajstić information content (AvgIpc) is 2.60. The Bertz CT molecular complexity index is 1050. The van der Waals surface area contributed by atoms with E-state index in [1.54, 1.807) is 0 Å². The van der Waals surface area contributed by atoms with E-state index in [2.05, 4.69) is 26.0 Å². The van der Waals surface area contributed by atoms with Crippen molar-refractivity contribution in [3.05, 3.63) is 64.8 Å². The van der Waals surface area contributed by atoms with Crippen molar-refractivity contribution in [2.75, 3.05) is 0 Å². The summed E-state index contributed by atoms with van der Waals surface area (Å²) in [7, 11) is 0. The van der Waals surface area contributed by atoms with E-state index in [1.807, 2.05) is 58.0 Å². The summed E-state index contributed by atoms with van der Waals surface area (Å²) in [5.74, 6) is -1.01. The first-order valence-electron chi connectivity index (χ1n) is 9.46. The van der Waals surface area contributed by atoms with E-state index >= 15 is 0 Å². The van der Waals surface area contributed by atoms with Crippen LogP contribution in [-0.2, 0) is 9.53 Å². The molecule has 146 valence electrons. The van der Waals surface area contributed by atoms with Crippen molar-refractivity contribution in [1.82, 2.24) is 4.98 Å². The summed E-state index contributed by atoms with van der Waals surface area (Å²) in [5.41, 5.74) is 5.73. The van der Waals surface area contributed by atoms with Crippen LogP contribution in [0.3, 0.4) is 0 Å². The number of hydrogen-bond acceptors (Lipinski definition) is 3. The molecule has 1 heterocycles. The van der Waals surface area contributed by atoms with Gasteiger partial charge in [-0.05, 0) is 69.9 Å². The van der Waals surface area contributed by atoms with Gasteiger partial charge >= 0.3 is 5.97 Å². The van der Waals surface area contributed by atoms with Crippen molar-refractivity contribution in [3.63, 3.8) is 0 Å². The predicted molar refractivity (Wildman–Crippen MR) is 113 cm³/mol. The number of rotatable bonds is 4. The first-order chi connectivity index (χ1) is 13.1. The molecule has 3 aromatic rings. The number of nitrogens with zero attached hydrogens (tertiary/aromatic N) is 1. The fraction of sp³-hybridized carbons (Fsp3) is 0.333. The van der Waals surface area contributed by atoms with Crippen LogP contribution < -0.4 is 0 Å². The Balaban J connectivity index is 2.40. The molecule has 0 saturated carbocycles. The van der Waals surface area contributed by atoms with E-state index in [0.29, 0.717) is 11.3 Å². The van der Waals surface area contributed by atoms with E-state index < -0.39 is 17.7 Å². The van der Waals surface area contributed by atoms with Gasteiger partial charge in [-0.15, -0.1) is 0 Å². The fourth-order valence-corrected chi connectivity index (χ4v) is 3.46. The zero-order valence-electron chi connectivity index (χ0n) is 17.3. The van der Waals surface area contributed by atoms with Gasteiger partial charge in [-0.2, -0.15) is 0 Å². The SMILES string of the molecule is Cc1ccc(-c2c(C(OC(C)(C)C)C(=O)O)c(C)nc3ccccc23)cc1C. The molecule has 0 bridgehead atoms. The van der Waals surface area contributed by atoms with Crippen LogP contribution in [0.5, 0.6) is 0 Å². The molecule has 0 aliphatic carbocycles. The number of para-hydroxylation sites is 1. The van der Waals surface area contributed by atoms with Gasteiger partial charge in [0, 0.05) is 16.6 Å². The molecular formula is C24H27NO3. The maximum atomic E-state index is 12.2. The monoisotopic (exact) mass is 377 g/mol. The Hall–Kier alpha value is -2.72. The normalized spacial score (nSPS) is 12.9. The van der Waals surface area contributed by atoms with Gasteiger partial charge in [0.15, 0.2) is 6.10 Å². The topological polar surface area (TPSA) is 59.4 Å². The summed E-state index contributed by atoms with van der Waals surface area (Å²) >= 11 is 0. The molecule has 0 saturated heterocycles. The second-order valence-electron chi connectivity index (χ2n) is 8.25. The number of aryl methyl sites for hydroxylation is 3. The van der Waals surface area contributed by atoms with Gasteiger partial charge in [0.1, 0.15) is 0 Å². The molecular weight excluding hydrogens is 350 g/mol. The fourth-order valence-electron chi connectivity index (χ4n) is 3.46. The molecule has 0 fully saturated rings. The Morgan fingerprint density at radius 3 is 2.32 bits per heavy atom. The Labute approximate surface area is 166 Å². The lowest BCUT2D eigenvalue weighted by Crippen LogP contribution is -2.28. The maximum absolute atomic E-state index is 12.2. The quantitative estimate of drug-likeness (QED) is 0.627. The lowest BCUT2D eigenvalue weighted by molar-refractivity contribution is -0.160. The van der Waals surface area contributed by atoms with Gasteiger partial charge in [-0.3, -0.25) is 4.98 Å². The van der Waals surface area contributed by atoms with Gasteiger partial charge in [0.05, 0.1) is 11.1 Å². The second kappa shape index (κ2) is 7.36. The molecule has 2 aromatic carbocycles. The third-order valence-electron chi connectivity index (χ3n) is 4.87. The van der Waals surface area contributed by atoms with E-state index in [1.165, 1.54) is 5.56 Å². The molecule has 1 N–H and O–H groups in total. The van der Waals surface area contributed by atoms with Gasteiger partial charge < -0.3 is 9.84 Å². The second-order valence-corrected chi connectivity index (χ2v) is 8.25. The summed E-state index contributed by atoms with van der Waals surface area (Å²) in [5, 5.41) is 10.9. The minimum absolute atomic E-state index is 0.610. The zero-order valence-corrected chi connectivity index (χ0v) is 17.3. The Kier molecular flexibility index (Phi) is 5.26. The first-order valence-corrected chi connectivity index (χ1v) is 9.46. The third-order valence-corrected chi connectivity index (χ3v) is 4.87. The zero-order chi connectivity index (χ0) is 20.6. The largest absolute Gasteiger partial charge is 0.479 e. The van der Waals surface area contributed by atoms with E-state index in [4.69, 9.17) is 9.72 Å². The maximum Gasteiger partial charge on any atom is 0.337 e. The van der Waals surface area contributed by atoms with Gasteiger partial charge in [-0.1, -0.05) is 36.4 Å². The van der Waals surface area contributed by atoms with E-state index in [9.17, 15) is 9.90 Å². The standard InChI is InChI=1S/C24H27NO3/c1-14-11-12-17(13-15(14)2)21-18-9-7-8-10-19(18)25-16(3)20(21)22(23(26)27)28-24(4,5)6/h7-13,22H,1-6H3,(H,26,27). The minimum atomic E-state index is -1.10. The van der Waals surface area contributed by atoms with E-state index in [0.717, 1.165) is 27.6 Å². The minimum Gasteiger partial charge on any atom is -0.479 e. The van der Waals surface area contributed by atoms with Crippen molar-refractivity contribution in [1.29, 1.82) is 0 Å². The number of benzene rings is 2. The van der Waals surface area contributed by atoms with Gasteiger partial charge in [0.25, 0.3) is 0 Å². The summed E-state index contributed by atoms with van der Waals surface area (Å²) in [6.45, 7) is 11.6. The highest BCUT2D eigenvalue weighted by atomic mass is 16.5. The van der Waals surface area contributed by atoms with Crippen LogP contribution in [0.15, 0.2) is 42.5 Å². The number of pyridine rings is 1. The van der Waals surface area contributed by atoms with Crippen LogP contribution in [0.4, 0.5) is 0 Å². The van der Waals surface area contributed by atoms with Crippen LogP contribution >= 0.6 is 0 Å². The molecule has 0 aliphatic heterocycles. The molecule has 1 unspecified atom stereocenters. The lowest BCUT2D eigenvalue weighted by atomic mass is 9.89. The van der Waals surface area contributed by atoms with Crippen LogP contribution in [-0.4, -0.2) is 21.7 Å².